The molecule has 0 saturated carbocycles. The fourth-order valence-corrected chi connectivity index (χ4v) is 3.12. The van der Waals surface area contributed by atoms with Crippen LogP contribution in [0.5, 0.6) is 0 Å². The molecule has 0 atom stereocenters. The first-order valence-electron chi connectivity index (χ1n) is 7.46. The van der Waals surface area contributed by atoms with Crippen LogP contribution in [-0.2, 0) is 10.0 Å². The van der Waals surface area contributed by atoms with Crippen LogP contribution in [0.15, 0.2) is 29.2 Å². The summed E-state index contributed by atoms with van der Waals surface area (Å²) in [5, 5.41) is 9.09. The third-order valence-electron chi connectivity index (χ3n) is 3.16. The number of hydrogen-bond donors (Lipinski definition) is 2. The summed E-state index contributed by atoms with van der Waals surface area (Å²) in [7, 11) is -3.59. The van der Waals surface area contributed by atoms with Gasteiger partial charge < -0.3 is 10.0 Å². The first-order valence-corrected chi connectivity index (χ1v) is 8.94. The fourth-order valence-electron chi connectivity index (χ4n) is 2.04. The topological polar surface area (TPSA) is 86.7 Å². The Balaban J connectivity index is 3.02. The van der Waals surface area contributed by atoms with Crippen LogP contribution in [0.25, 0.3) is 0 Å². The number of rotatable bonds is 9. The molecular weight excluding hydrogens is 304 g/mol. The van der Waals surface area contributed by atoms with Crippen LogP contribution in [-0.4, -0.2) is 50.6 Å². The predicted molar refractivity (Wildman–Crippen MR) is 85.2 cm³/mol. The minimum absolute atomic E-state index is 0.0691. The van der Waals surface area contributed by atoms with Crippen molar-refractivity contribution in [3.63, 3.8) is 0 Å². The molecule has 6 nitrogen and oxygen atoms in total. The molecule has 0 heterocycles. The molecule has 1 amide bonds. The van der Waals surface area contributed by atoms with E-state index >= 15 is 0 Å². The number of carbonyl (C=O) groups is 1. The van der Waals surface area contributed by atoms with E-state index in [4.69, 9.17) is 5.11 Å². The van der Waals surface area contributed by atoms with Crippen molar-refractivity contribution in [2.75, 3.05) is 26.2 Å². The van der Waals surface area contributed by atoms with E-state index < -0.39 is 10.0 Å². The van der Waals surface area contributed by atoms with Crippen molar-refractivity contribution >= 4 is 15.9 Å². The van der Waals surface area contributed by atoms with Gasteiger partial charge in [0.05, 0.1) is 11.5 Å². The number of aliphatic hydroxyl groups is 1. The van der Waals surface area contributed by atoms with Crippen LogP contribution in [0.3, 0.4) is 0 Å². The van der Waals surface area contributed by atoms with Crippen molar-refractivity contribution in [1.29, 1.82) is 0 Å². The second-order valence-electron chi connectivity index (χ2n) is 4.90. The normalized spacial score (nSPS) is 11.4. The monoisotopic (exact) mass is 328 g/mol. The zero-order chi connectivity index (χ0) is 16.6. The summed E-state index contributed by atoms with van der Waals surface area (Å²) in [6.45, 7) is 4.66. The lowest BCUT2D eigenvalue weighted by Gasteiger charge is -2.21. The molecule has 1 aromatic rings. The van der Waals surface area contributed by atoms with Crippen molar-refractivity contribution < 1.29 is 18.3 Å². The molecule has 0 fully saturated rings. The molecular formula is C15H24N2O4S. The molecule has 0 aromatic heterocycles. The van der Waals surface area contributed by atoms with Crippen LogP contribution in [0.4, 0.5) is 0 Å². The Morgan fingerprint density at radius 1 is 1.27 bits per heavy atom. The van der Waals surface area contributed by atoms with Crippen LogP contribution >= 0.6 is 0 Å². The number of aliphatic hydroxyl groups excluding tert-OH is 1. The minimum atomic E-state index is -3.59. The third kappa shape index (κ3) is 5.08. The van der Waals surface area contributed by atoms with E-state index in [0.717, 1.165) is 12.8 Å². The van der Waals surface area contributed by atoms with E-state index in [-0.39, 0.29) is 30.5 Å². The van der Waals surface area contributed by atoms with Crippen molar-refractivity contribution in [2.45, 2.75) is 31.6 Å². The Bertz CT molecular complexity index is 587. The summed E-state index contributed by atoms with van der Waals surface area (Å²) in [6.07, 6.45) is 1.77. The van der Waals surface area contributed by atoms with E-state index in [0.29, 0.717) is 12.1 Å². The molecule has 0 bridgehead atoms. The predicted octanol–water partition coefficient (Wildman–Crippen LogP) is 1.22. The van der Waals surface area contributed by atoms with Gasteiger partial charge in [0.2, 0.25) is 10.0 Å². The third-order valence-corrected chi connectivity index (χ3v) is 4.71. The standard InChI is InChI=1S/C15H24N2O4S/c1-3-5-9-17(10-11-18)15(19)13-7-6-8-14(12-13)22(20,21)16-4-2/h6-8,12,16,18H,3-5,9-11H2,1-2H3. The highest BCUT2D eigenvalue weighted by Gasteiger charge is 2.18. The van der Waals surface area contributed by atoms with Gasteiger partial charge in [-0.25, -0.2) is 13.1 Å². The van der Waals surface area contributed by atoms with Gasteiger partial charge in [0.1, 0.15) is 0 Å². The molecule has 0 aliphatic carbocycles. The number of carbonyl (C=O) groups excluding carboxylic acids is 1. The molecule has 0 aliphatic heterocycles. The molecule has 1 rings (SSSR count). The number of amides is 1. The van der Waals surface area contributed by atoms with Gasteiger partial charge in [-0.2, -0.15) is 0 Å². The van der Waals surface area contributed by atoms with E-state index in [2.05, 4.69) is 4.72 Å². The molecule has 22 heavy (non-hydrogen) atoms. The van der Waals surface area contributed by atoms with E-state index in [9.17, 15) is 13.2 Å². The molecule has 7 heteroatoms. The van der Waals surface area contributed by atoms with Crippen molar-refractivity contribution in [3.05, 3.63) is 29.8 Å². The number of hydrogen-bond acceptors (Lipinski definition) is 4. The fraction of sp³-hybridized carbons (Fsp3) is 0.533. The molecule has 2 N–H and O–H groups in total. The molecule has 0 radical (unpaired) electrons. The first-order chi connectivity index (χ1) is 10.5. The quantitative estimate of drug-likeness (QED) is 0.713. The first kappa shape index (κ1) is 18.6. The Kier molecular flexibility index (Phi) is 7.50. The van der Waals surface area contributed by atoms with Crippen LogP contribution < -0.4 is 4.72 Å². The zero-order valence-electron chi connectivity index (χ0n) is 13.1. The molecule has 1 aromatic carbocycles. The summed E-state index contributed by atoms with van der Waals surface area (Å²) in [5.41, 5.74) is 0.309. The second-order valence-corrected chi connectivity index (χ2v) is 6.67. The van der Waals surface area contributed by atoms with Crippen LogP contribution in [0.1, 0.15) is 37.0 Å². The number of nitrogens with one attached hydrogen (secondary N) is 1. The van der Waals surface area contributed by atoms with Gasteiger partial charge in [0, 0.05) is 25.2 Å². The molecule has 124 valence electrons. The van der Waals surface area contributed by atoms with E-state index in [1.807, 2.05) is 6.92 Å². The average Bonchev–Trinajstić information content (AvgIpc) is 2.51. The lowest BCUT2D eigenvalue weighted by Crippen LogP contribution is -2.34. The summed E-state index contributed by atoms with van der Waals surface area (Å²) < 4.78 is 26.4. The number of nitrogens with zero attached hydrogens (tertiary/aromatic N) is 1. The SMILES string of the molecule is CCCCN(CCO)C(=O)c1cccc(S(=O)(=O)NCC)c1. The van der Waals surface area contributed by atoms with Gasteiger partial charge in [0.15, 0.2) is 0 Å². The summed E-state index contributed by atoms with van der Waals surface area (Å²) in [6, 6.07) is 5.96. The molecule has 0 unspecified atom stereocenters. The van der Waals surface area contributed by atoms with Gasteiger partial charge in [0.25, 0.3) is 5.91 Å². The van der Waals surface area contributed by atoms with E-state index in [1.165, 1.54) is 12.1 Å². The zero-order valence-corrected chi connectivity index (χ0v) is 13.9. The van der Waals surface area contributed by atoms with Gasteiger partial charge in [-0.15, -0.1) is 0 Å². The second kappa shape index (κ2) is 8.87. The van der Waals surface area contributed by atoms with Crippen LogP contribution in [0, 0.1) is 0 Å². The van der Waals surface area contributed by atoms with Gasteiger partial charge >= 0.3 is 0 Å². The van der Waals surface area contributed by atoms with Crippen molar-refractivity contribution in [1.82, 2.24) is 9.62 Å². The summed E-state index contributed by atoms with van der Waals surface area (Å²) >= 11 is 0. The van der Waals surface area contributed by atoms with Crippen LogP contribution in [0.2, 0.25) is 0 Å². The number of sulfonamides is 1. The highest BCUT2D eigenvalue weighted by Crippen LogP contribution is 2.14. The largest absolute Gasteiger partial charge is 0.395 e. The maximum Gasteiger partial charge on any atom is 0.253 e. The number of benzene rings is 1. The summed E-state index contributed by atoms with van der Waals surface area (Å²) in [5.74, 6) is -0.268. The lowest BCUT2D eigenvalue weighted by atomic mass is 10.2. The van der Waals surface area contributed by atoms with Crippen molar-refractivity contribution in [2.24, 2.45) is 0 Å². The molecule has 0 aliphatic rings. The maximum absolute atomic E-state index is 12.5. The van der Waals surface area contributed by atoms with Crippen molar-refractivity contribution in [3.8, 4) is 0 Å². The van der Waals surface area contributed by atoms with Gasteiger partial charge in [-0.1, -0.05) is 26.3 Å². The Labute approximate surface area is 132 Å². The Morgan fingerprint density at radius 3 is 2.59 bits per heavy atom. The highest BCUT2D eigenvalue weighted by atomic mass is 32.2. The maximum atomic E-state index is 12.5. The number of unbranched alkanes of at least 4 members (excludes halogenated alkanes) is 1. The van der Waals surface area contributed by atoms with Gasteiger partial charge in [-0.05, 0) is 24.6 Å². The Morgan fingerprint density at radius 2 is 2.00 bits per heavy atom. The lowest BCUT2D eigenvalue weighted by molar-refractivity contribution is 0.0719. The smallest absolute Gasteiger partial charge is 0.253 e. The molecule has 0 spiro atoms. The highest BCUT2D eigenvalue weighted by molar-refractivity contribution is 7.89. The summed E-state index contributed by atoms with van der Waals surface area (Å²) in [4.78, 5) is 14.1. The minimum Gasteiger partial charge on any atom is -0.395 e. The van der Waals surface area contributed by atoms with E-state index in [1.54, 1.807) is 24.0 Å². The van der Waals surface area contributed by atoms with Gasteiger partial charge in [-0.3, -0.25) is 4.79 Å². The average molecular weight is 328 g/mol. The Hall–Kier alpha value is -1.44. The molecule has 0 saturated heterocycles.